The summed E-state index contributed by atoms with van der Waals surface area (Å²) in [6, 6.07) is 14.5. The van der Waals surface area contributed by atoms with Crippen molar-refractivity contribution in [2.45, 2.75) is 19.2 Å². The second-order valence-electron chi connectivity index (χ2n) is 5.70. The number of nitrogens with one attached hydrogen (secondary N) is 2. The van der Waals surface area contributed by atoms with Crippen molar-refractivity contribution in [1.82, 2.24) is 9.97 Å². The fraction of sp³-hybridized carbons (Fsp3) is 0.100. The van der Waals surface area contributed by atoms with E-state index in [-0.39, 0.29) is 7.43 Å². The van der Waals surface area contributed by atoms with Crippen molar-refractivity contribution in [3.63, 3.8) is 0 Å². The summed E-state index contributed by atoms with van der Waals surface area (Å²) in [5.41, 5.74) is 4.59. The fourth-order valence-corrected chi connectivity index (χ4v) is 3.41. The second kappa shape index (κ2) is 6.23. The molecule has 0 spiro atoms. The van der Waals surface area contributed by atoms with Gasteiger partial charge < -0.3 is 9.97 Å². The van der Waals surface area contributed by atoms with Crippen molar-refractivity contribution in [3.8, 4) is 0 Å². The van der Waals surface area contributed by atoms with Gasteiger partial charge in [0.1, 0.15) is 0 Å². The molecule has 4 aromatic rings. The van der Waals surface area contributed by atoms with Gasteiger partial charge >= 0.3 is 0 Å². The highest BCUT2D eigenvalue weighted by Gasteiger charge is 2.06. The van der Waals surface area contributed by atoms with E-state index >= 15 is 0 Å². The molecule has 0 saturated heterocycles. The van der Waals surface area contributed by atoms with E-state index in [1.807, 2.05) is 12.1 Å². The molecule has 0 saturated carbocycles. The van der Waals surface area contributed by atoms with Gasteiger partial charge in [0.25, 0.3) is 0 Å². The smallest absolute Gasteiger partial charge is 0.0465 e. The number of aromatic amines is 2. The molecule has 4 N–H and O–H groups in total. The highest BCUT2D eigenvalue weighted by atomic mass is 32.2. The van der Waals surface area contributed by atoms with Crippen LogP contribution in [0.1, 0.15) is 18.7 Å². The van der Waals surface area contributed by atoms with E-state index in [2.05, 4.69) is 59.9 Å². The van der Waals surface area contributed by atoms with Gasteiger partial charge in [0.05, 0.1) is 0 Å². The van der Waals surface area contributed by atoms with Gasteiger partial charge in [-0.2, -0.15) is 0 Å². The van der Waals surface area contributed by atoms with Crippen LogP contribution in [0.3, 0.4) is 0 Å². The van der Waals surface area contributed by atoms with Crippen molar-refractivity contribution in [1.29, 1.82) is 0 Å². The third-order valence-corrected chi connectivity index (χ3v) is 4.85. The molecule has 2 aromatic heterocycles. The number of nitrogens with two attached hydrogens (primary N) is 1. The molecule has 0 aliphatic heterocycles. The minimum atomic E-state index is 0. The summed E-state index contributed by atoms with van der Waals surface area (Å²) in [6.45, 7) is 6.30. The summed E-state index contributed by atoms with van der Waals surface area (Å²) < 4.78 is 0. The van der Waals surface area contributed by atoms with E-state index in [9.17, 15) is 0 Å². The largest absolute Gasteiger partial charge is 0.355 e. The average Bonchev–Trinajstić information content (AvgIpc) is 3.05. The van der Waals surface area contributed by atoms with Crippen LogP contribution in [0.2, 0.25) is 0 Å². The Morgan fingerprint density at radius 2 is 1.79 bits per heavy atom. The Balaban J connectivity index is 0.00000169. The zero-order chi connectivity index (χ0) is 16.0. The van der Waals surface area contributed by atoms with Gasteiger partial charge in [0.15, 0.2) is 0 Å². The first-order valence-corrected chi connectivity index (χ1v) is 8.32. The summed E-state index contributed by atoms with van der Waals surface area (Å²) in [5.74, 6) is 0. The number of para-hydroxylation sites is 1. The fourth-order valence-electron chi connectivity index (χ4n) is 3.08. The van der Waals surface area contributed by atoms with Gasteiger partial charge in [0, 0.05) is 43.0 Å². The van der Waals surface area contributed by atoms with Crippen molar-refractivity contribution in [2.24, 2.45) is 5.14 Å². The van der Waals surface area contributed by atoms with Crippen LogP contribution in [0, 0.1) is 6.92 Å². The van der Waals surface area contributed by atoms with Crippen LogP contribution >= 0.6 is 11.9 Å². The van der Waals surface area contributed by atoms with E-state index in [1.165, 1.54) is 22.9 Å². The van der Waals surface area contributed by atoms with Gasteiger partial charge in [-0.25, -0.2) is 0 Å². The molecule has 24 heavy (non-hydrogen) atoms. The Labute approximate surface area is 145 Å². The molecule has 0 unspecified atom stereocenters. The van der Waals surface area contributed by atoms with Crippen molar-refractivity contribution in [3.05, 3.63) is 64.3 Å². The normalized spacial score (nSPS) is 12.0. The Kier molecular flexibility index (Phi) is 4.26. The quantitative estimate of drug-likeness (QED) is 0.488. The molecule has 0 bridgehead atoms. The predicted molar refractivity (Wildman–Crippen MR) is 106 cm³/mol. The molecule has 0 aliphatic rings. The highest BCUT2D eigenvalue weighted by Crippen LogP contribution is 2.22. The van der Waals surface area contributed by atoms with Crippen LogP contribution in [-0.2, 0) is 0 Å². The van der Waals surface area contributed by atoms with Crippen molar-refractivity contribution >= 4 is 46.4 Å². The van der Waals surface area contributed by atoms with E-state index in [1.54, 1.807) is 0 Å². The van der Waals surface area contributed by atoms with E-state index in [0.717, 1.165) is 37.6 Å². The number of benzene rings is 2. The predicted octanol–water partition coefficient (Wildman–Crippen LogP) is 3.80. The van der Waals surface area contributed by atoms with Gasteiger partial charge in [-0.15, -0.1) is 0 Å². The minimum absolute atomic E-state index is 0. The molecule has 4 heteroatoms. The molecule has 0 amide bonds. The molecule has 0 radical (unpaired) electrons. The Hall–Kier alpha value is -2.43. The zero-order valence-corrected chi connectivity index (χ0v) is 13.6. The number of aromatic nitrogens is 2. The van der Waals surface area contributed by atoms with Crippen LogP contribution in [-0.4, -0.2) is 9.97 Å². The lowest BCUT2D eigenvalue weighted by molar-refractivity contribution is 1.34. The molecule has 0 fully saturated rings. The van der Waals surface area contributed by atoms with Crippen molar-refractivity contribution in [2.75, 3.05) is 0 Å². The SMILES string of the molecule is C.C=c1[nH]c2ccc(SN)cc2/c1=C/c1[nH]c2ccccc2c1C. The van der Waals surface area contributed by atoms with Crippen LogP contribution in [0.25, 0.3) is 34.5 Å². The number of rotatable bonds is 2. The van der Waals surface area contributed by atoms with Gasteiger partial charge in [-0.1, -0.05) is 32.2 Å². The second-order valence-corrected chi connectivity index (χ2v) is 6.40. The first-order chi connectivity index (χ1) is 11.2. The number of hydrogen-bond donors (Lipinski definition) is 3. The molecule has 2 aromatic carbocycles. The van der Waals surface area contributed by atoms with E-state index in [4.69, 9.17) is 5.14 Å². The van der Waals surface area contributed by atoms with E-state index < -0.39 is 0 Å². The van der Waals surface area contributed by atoms with Crippen LogP contribution in [0.15, 0.2) is 47.4 Å². The topological polar surface area (TPSA) is 57.6 Å². The minimum Gasteiger partial charge on any atom is -0.355 e. The Morgan fingerprint density at radius 3 is 2.54 bits per heavy atom. The summed E-state index contributed by atoms with van der Waals surface area (Å²) in [6.07, 6.45) is 2.17. The summed E-state index contributed by atoms with van der Waals surface area (Å²) in [5, 5.41) is 10.1. The first-order valence-electron chi connectivity index (χ1n) is 7.44. The Morgan fingerprint density at radius 1 is 1.04 bits per heavy atom. The highest BCUT2D eigenvalue weighted by molar-refractivity contribution is 7.97. The third-order valence-electron chi connectivity index (χ3n) is 4.32. The molecular formula is C20H21N3S. The number of hydrogen-bond acceptors (Lipinski definition) is 2. The lowest BCUT2D eigenvalue weighted by Gasteiger charge is -1.96. The maximum Gasteiger partial charge on any atom is 0.0465 e. The molecule has 3 nitrogen and oxygen atoms in total. The van der Waals surface area contributed by atoms with Gasteiger partial charge in [-0.3, -0.25) is 5.14 Å². The summed E-state index contributed by atoms with van der Waals surface area (Å²) in [4.78, 5) is 7.88. The lowest BCUT2D eigenvalue weighted by atomic mass is 10.1. The molecular weight excluding hydrogens is 314 g/mol. The maximum atomic E-state index is 5.70. The average molecular weight is 335 g/mol. The molecule has 4 rings (SSSR count). The van der Waals surface area contributed by atoms with Crippen LogP contribution in [0.5, 0.6) is 0 Å². The molecule has 0 atom stereocenters. The maximum absolute atomic E-state index is 5.70. The van der Waals surface area contributed by atoms with Gasteiger partial charge in [-0.05, 0) is 54.8 Å². The van der Waals surface area contributed by atoms with Crippen LogP contribution < -0.4 is 15.7 Å². The van der Waals surface area contributed by atoms with Gasteiger partial charge in [0.2, 0.25) is 0 Å². The number of fused-ring (bicyclic) bond motifs is 2. The molecule has 122 valence electrons. The Bertz CT molecular complexity index is 1140. The number of aryl methyl sites for hydroxylation is 1. The summed E-state index contributed by atoms with van der Waals surface area (Å²) in [7, 11) is 0. The van der Waals surface area contributed by atoms with E-state index in [0.29, 0.717) is 0 Å². The third kappa shape index (κ3) is 2.54. The lowest BCUT2D eigenvalue weighted by Crippen LogP contribution is -2.20. The van der Waals surface area contributed by atoms with Crippen molar-refractivity contribution < 1.29 is 0 Å². The summed E-state index contributed by atoms with van der Waals surface area (Å²) >= 11 is 1.26. The first kappa shape index (κ1) is 16.4. The molecule has 0 aliphatic carbocycles. The zero-order valence-electron chi connectivity index (χ0n) is 12.8. The standard InChI is InChI=1S/C19H17N3S.CH4/c1-11-14-5-3-4-6-17(14)22-19(11)10-15-12(2)21-18-8-7-13(23-20)9-16(15)18;/h3-10,21-22H,2,20H2,1H3;1H4/b15-10+;. The number of H-pyrrole nitrogens is 2. The monoisotopic (exact) mass is 335 g/mol. The molecule has 2 heterocycles. The van der Waals surface area contributed by atoms with Crippen LogP contribution in [0.4, 0.5) is 0 Å².